The molecule has 0 bridgehead atoms. The van der Waals surface area contributed by atoms with E-state index in [2.05, 4.69) is 24.0 Å². The molecule has 100 valence electrons. The number of morpholine rings is 1. The summed E-state index contributed by atoms with van der Waals surface area (Å²) in [6, 6.07) is 8.89. The Morgan fingerprint density at radius 3 is 3.00 bits per heavy atom. The standard InChI is InChI=1S/C16H20N2O/c1-12-6-7-13(11-17)15(10-12)18-8-9-19-16-5-3-2-4-14(16)18/h6-7,10,14,16H,2-5,8-9H2,1H3. The maximum atomic E-state index is 9.33. The summed E-state index contributed by atoms with van der Waals surface area (Å²) in [4.78, 5) is 2.42. The molecule has 1 heterocycles. The van der Waals surface area contributed by atoms with Gasteiger partial charge in [0.2, 0.25) is 0 Å². The zero-order chi connectivity index (χ0) is 13.2. The second-order valence-corrected chi connectivity index (χ2v) is 5.59. The zero-order valence-corrected chi connectivity index (χ0v) is 11.4. The number of anilines is 1. The molecule has 3 heteroatoms. The van der Waals surface area contributed by atoms with Gasteiger partial charge in [-0.05, 0) is 37.5 Å². The molecule has 0 N–H and O–H groups in total. The van der Waals surface area contributed by atoms with Crippen molar-refractivity contribution in [3.63, 3.8) is 0 Å². The summed E-state index contributed by atoms with van der Waals surface area (Å²) in [5.41, 5.74) is 3.10. The fourth-order valence-corrected chi connectivity index (χ4v) is 3.37. The van der Waals surface area contributed by atoms with E-state index in [1.165, 1.54) is 24.8 Å². The highest BCUT2D eigenvalue weighted by molar-refractivity contribution is 5.61. The van der Waals surface area contributed by atoms with E-state index in [0.717, 1.165) is 30.8 Å². The molecule has 1 aliphatic heterocycles. The molecule has 0 aromatic heterocycles. The first-order chi connectivity index (χ1) is 9.29. The van der Waals surface area contributed by atoms with Crippen molar-refractivity contribution in [2.75, 3.05) is 18.1 Å². The Morgan fingerprint density at radius 2 is 2.16 bits per heavy atom. The Bertz CT molecular complexity index is 504. The molecule has 2 unspecified atom stereocenters. The van der Waals surface area contributed by atoms with Crippen LogP contribution in [0.25, 0.3) is 0 Å². The van der Waals surface area contributed by atoms with E-state index in [-0.39, 0.29) is 0 Å². The number of fused-ring (bicyclic) bond motifs is 1. The highest BCUT2D eigenvalue weighted by atomic mass is 16.5. The number of aryl methyl sites for hydroxylation is 1. The first kappa shape index (κ1) is 12.5. The van der Waals surface area contributed by atoms with Crippen molar-refractivity contribution >= 4 is 5.69 Å². The van der Waals surface area contributed by atoms with Crippen LogP contribution in [0, 0.1) is 18.3 Å². The SMILES string of the molecule is Cc1ccc(C#N)c(N2CCOC3CCCCC32)c1. The molecule has 1 aromatic carbocycles. The van der Waals surface area contributed by atoms with E-state index in [1.807, 2.05) is 12.1 Å². The number of hydrogen-bond donors (Lipinski definition) is 0. The lowest BCUT2D eigenvalue weighted by Gasteiger charge is -2.45. The Hall–Kier alpha value is -1.53. The van der Waals surface area contributed by atoms with Crippen LogP contribution in [-0.4, -0.2) is 25.3 Å². The molecule has 1 aromatic rings. The van der Waals surface area contributed by atoms with E-state index < -0.39 is 0 Å². The molecule has 2 fully saturated rings. The fourth-order valence-electron chi connectivity index (χ4n) is 3.37. The molecule has 2 aliphatic rings. The predicted octanol–water partition coefficient (Wildman–Crippen LogP) is 3.01. The van der Waals surface area contributed by atoms with Crippen molar-refractivity contribution in [2.24, 2.45) is 0 Å². The van der Waals surface area contributed by atoms with Gasteiger partial charge in [0.15, 0.2) is 0 Å². The third kappa shape index (κ3) is 2.33. The summed E-state index contributed by atoms with van der Waals surface area (Å²) in [5, 5.41) is 9.33. The number of benzene rings is 1. The van der Waals surface area contributed by atoms with E-state index in [4.69, 9.17) is 4.74 Å². The van der Waals surface area contributed by atoms with Gasteiger partial charge in [-0.15, -0.1) is 0 Å². The summed E-state index contributed by atoms with van der Waals surface area (Å²) < 4.78 is 5.91. The maximum absolute atomic E-state index is 9.33. The average Bonchev–Trinajstić information content (AvgIpc) is 2.46. The van der Waals surface area contributed by atoms with Gasteiger partial charge in [-0.1, -0.05) is 18.9 Å². The van der Waals surface area contributed by atoms with Gasteiger partial charge >= 0.3 is 0 Å². The Morgan fingerprint density at radius 1 is 1.32 bits per heavy atom. The van der Waals surface area contributed by atoms with E-state index in [0.29, 0.717) is 12.1 Å². The summed E-state index contributed by atoms with van der Waals surface area (Å²) in [7, 11) is 0. The van der Waals surface area contributed by atoms with Gasteiger partial charge in [0.1, 0.15) is 6.07 Å². The quantitative estimate of drug-likeness (QED) is 0.775. The topological polar surface area (TPSA) is 36.3 Å². The van der Waals surface area contributed by atoms with Crippen LogP contribution < -0.4 is 4.90 Å². The molecule has 0 radical (unpaired) electrons. The van der Waals surface area contributed by atoms with Gasteiger partial charge in [-0.2, -0.15) is 5.26 Å². The first-order valence-electron chi connectivity index (χ1n) is 7.18. The molecule has 19 heavy (non-hydrogen) atoms. The minimum absolute atomic E-state index is 0.356. The van der Waals surface area contributed by atoms with Crippen LogP contribution in [0.3, 0.4) is 0 Å². The highest BCUT2D eigenvalue weighted by Gasteiger charge is 2.35. The van der Waals surface area contributed by atoms with Gasteiger partial charge in [-0.3, -0.25) is 0 Å². The van der Waals surface area contributed by atoms with Gasteiger partial charge in [0.05, 0.1) is 30.0 Å². The lowest BCUT2D eigenvalue weighted by Crippen LogP contribution is -2.53. The molecule has 1 saturated heterocycles. The zero-order valence-electron chi connectivity index (χ0n) is 11.4. The lowest BCUT2D eigenvalue weighted by atomic mass is 9.89. The molecule has 1 saturated carbocycles. The summed E-state index contributed by atoms with van der Waals surface area (Å²) in [6.07, 6.45) is 5.25. The van der Waals surface area contributed by atoms with Gasteiger partial charge in [-0.25, -0.2) is 0 Å². The summed E-state index contributed by atoms with van der Waals surface area (Å²) >= 11 is 0. The third-order valence-electron chi connectivity index (χ3n) is 4.32. The molecule has 2 atom stereocenters. The Kier molecular flexibility index (Phi) is 3.44. The van der Waals surface area contributed by atoms with E-state index in [9.17, 15) is 5.26 Å². The van der Waals surface area contributed by atoms with Crippen molar-refractivity contribution in [2.45, 2.75) is 44.8 Å². The number of hydrogen-bond acceptors (Lipinski definition) is 3. The molecular formula is C16H20N2O. The second kappa shape index (κ2) is 5.22. The molecule has 3 nitrogen and oxygen atoms in total. The van der Waals surface area contributed by atoms with Crippen LogP contribution in [-0.2, 0) is 4.74 Å². The van der Waals surface area contributed by atoms with E-state index in [1.54, 1.807) is 0 Å². The smallest absolute Gasteiger partial charge is 0.101 e. The third-order valence-corrected chi connectivity index (χ3v) is 4.32. The van der Waals surface area contributed by atoms with Crippen LogP contribution >= 0.6 is 0 Å². The van der Waals surface area contributed by atoms with Gasteiger partial charge in [0, 0.05) is 6.54 Å². The van der Waals surface area contributed by atoms with Crippen molar-refractivity contribution in [1.82, 2.24) is 0 Å². The lowest BCUT2D eigenvalue weighted by molar-refractivity contribution is -0.00869. The largest absolute Gasteiger partial charge is 0.374 e. The number of ether oxygens (including phenoxy) is 1. The highest BCUT2D eigenvalue weighted by Crippen LogP contribution is 2.33. The van der Waals surface area contributed by atoms with Crippen molar-refractivity contribution < 1.29 is 4.74 Å². The minimum Gasteiger partial charge on any atom is -0.374 e. The fraction of sp³-hybridized carbons (Fsp3) is 0.562. The van der Waals surface area contributed by atoms with Crippen LogP contribution in [0.15, 0.2) is 18.2 Å². The van der Waals surface area contributed by atoms with Crippen LogP contribution in [0.2, 0.25) is 0 Å². The second-order valence-electron chi connectivity index (χ2n) is 5.59. The molecule has 0 amide bonds. The molecule has 3 rings (SSSR count). The van der Waals surface area contributed by atoms with Gasteiger partial charge < -0.3 is 9.64 Å². The molecule has 1 aliphatic carbocycles. The van der Waals surface area contributed by atoms with Crippen LogP contribution in [0.1, 0.15) is 36.8 Å². The minimum atomic E-state index is 0.356. The van der Waals surface area contributed by atoms with Crippen LogP contribution in [0.4, 0.5) is 5.69 Å². The Balaban J connectivity index is 1.96. The molecule has 0 spiro atoms. The van der Waals surface area contributed by atoms with Crippen LogP contribution in [0.5, 0.6) is 0 Å². The Labute approximate surface area is 114 Å². The van der Waals surface area contributed by atoms with E-state index >= 15 is 0 Å². The first-order valence-corrected chi connectivity index (χ1v) is 7.18. The summed E-state index contributed by atoms with van der Waals surface area (Å²) in [5.74, 6) is 0. The summed E-state index contributed by atoms with van der Waals surface area (Å²) in [6.45, 7) is 3.77. The van der Waals surface area contributed by atoms with Crippen molar-refractivity contribution in [3.05, 3.63) is 29.3 Å². The normalized spacial score (nSPS) is 26.6. The number of nitrogens with zero attached hydrogens (tertiary/aromatic N) is 2. The van der Waals surface area contributed by atoms with Crippen molar-refractivity contribution in [3.8, 4) is 6.07 Å². The monoisotopic (exact) mass is 256 g/mol. The maximum Gasteiger partial charge on any atom is 0.101 e. The molecular weight excluding hydrogens is 236 g/mol. The van der Waals surface area contributed by atoms with Gasteiger partial charge in [0.25, 0.3) is 0 Å². The number of nitriles is 1. The number of rotatable bonds is 1. The average molecular weight is 256 g/mol. The van der Waals surface area contributed by atoms with Crippen molar-refractivity contribution in [1.29, 1.82) is 5.26 Å². The predicted molar refractivity (Wildman–Crippen MR) is 75.2 cm³/mol.